The molecule has 0 unspecified atom stereocenters. The number of nitrogens with zero attached hydrogens (tertiary/aromatic N) is 6. The number of pyridine rings is 1. The van der Waals surface area contributed by atoms with Gasteiger partial charge in [-0.15, -0.1) is 0 Å². The molecule has 2 saturated heterocycles. The molecule has 0 spiro atoms. The monoisotopic (exact) mass is 472 g/mol. The van der Waals surface area contributed by atoms with Crippen molar-refractivity contribution in [1.82, 2.24) is 15.0 Å². The van der Waals surface area contributed by atoms with Crippen molar-refractivity contribution in [2.24, 2.45) is 0 Å². The summed E-state index contributed by atoms with van der Waals surface area (Å²) in [5.41, 5.74) is 4.66. The quantitative estimate of drug-likeness (QED) is 0.541. The average Bonchev–Trinajstić information content (AvgIpc) is 2.89. The second-order valence-electron chi connectivity index (χ2n) is 9.92. The number of benzene rings is 1. The van der Waals surface area contributed by atoms with Gasteiger partial charge in [-0.2, -0.15) is 4.98 Å². The Morgan fingerprint density at radius 2 is 1.71 bits per heavy atom. The normalized spacial score (nSPS) is 18.9. The highest BCUT2D eigenvalue weighted by atomic mass is 16.5. The number of hydrogen-bond donors (Lipinski definition) is 0. The van der Waals surface area contributed by atoms with Crippen LogP contribution < -0.4 is 14.7 Å². The highest BCUT2D eigenvalue weighted by Crippen LogP contribution is 2.30. The first-order chi connectivity index (χ1) is 17.0. The lowest BCUT2D eigenvalue weighted by Crippen LogP contribution is -2.53. The molecule has 0 saturated carbocycles. The van der Waals surface area contributed by atoms with Gasteiger partial charge in [-0.1, -0.05) is 44.2 Å². The molecule has 184 valence electrons. The van der Waals surface area contributed by atoms with Crippen LogP contribution in [0.3, 0.4) is 0 Å². The van der Waals surface area contributed by atoms with E-state index in [-0.39, 0.29) is 0 Å². The van der Waals surface area contributed by atoms with E-state index in [1.165, 1.54) is 11.1 Å². The van der Waals surface area contributed by atoms with Gasteiger partial charge in [0, 0.05) is 56.6 Å². The Bertz CT molecular complexity index is 1140. The summed E-state index contributed by atoms with van der Waals surface area (Å²) in [7, 11) is 0. The number of rotatable bonds is 5. The molecular formula is C28H36N6O. The van der Waals surface area contributed by atoms with Crippen LogP contribution in [0.5, 0.6) is 0 Å². The highest BCUT2D eigenvalue weighted by Gasteiger charge is 2.28. The van der Waals surface area contributed by atoms with Crippen LogP contribution in [0.2, 0.25) is 0 Å². The van der Waals surface area contributed by atoms with Crippen LogP contribution in [-0.2, 0) is 4.74 Å². The molecule has 2 aromatic heterocycles. The highest BCUT2D eigenvalue weighted by molar-refractivity contribution is 5.66. The number of aryl methyl sites for hydroxylation is 1. The van der Waals surface area contributed by atoms with Crippen molar-refractivity contribution in [3.05, 3.63) is 59.8 Å². The van der Waals surface area contributed by atoms with Crippen LogP contribution >= 0.6 is 0 Å². The molecule has 2 fully saturated rings. The Labute approximate surface area is 208 Å². The second kappa shape index (κ2) is 10.2. The van der Waals surface area contributed by atoms with Gasteiger partial charge in [-0.3, -0.25) is 0 Å². The smallest absolute Gasteiger partial charge is 0.228 e. The molecule has 7 nitrogen and oxygen atoms in total. The molecular weight excluding hydrogens is 436 g/mol. The third-order valence-corrected chi connectivity index (χ3v) is 7.07. The van der Waals surface area contributed by atoms with Gasteiger partial charge in [-0.05, 0) is 37.0 Å². The molecule has 2 aliphatic heterocycles. The molecule has 1 aromatic carbocycles. The van der Waals surface area contributed by atoms with Gasteiger partial charge in [0.1, 0.15) is 11.6 Å². The largest absolute Gasteiger partial charge is 0.378 e. The Morgan fingerprint density at radius 1 is 0.943 bits per heavy atom. The van der Waals surface area contributed by atoms with E-state index < -0.39 is 0 Å². The number of hydrogen-bond acceptors (Lipinski definition) is 7. The van der Waals surface area contributed by atoms with Crippen molar-refractivity contribution < 1.29 is 4.74 Å². The van der Waals surface area contributed by atoms with Crippen molar-refractivity contribution in [3.63, 3.8) is 0 Å². The van der Waals surface area contributed by atoms with Crippen LogP contribution in [0.4, 0.5) is 17.6 Å². The summed E-state index contributed by atoms with van der Waals surface area (Å²) in [5.74, 6) is 3.38. The van der Waals surface area contributed by atoms with Crippen molar-refractivity contribution >= 4 is 17.6 Å². The number of ether oxygens (including phenoxy) is 1. The van der Waals surface area contributed by atoms with Gasteiger partial charge >= 0.3 is 0 Å². The fraction of sp³-hybridized carbons (Fsp3) is 0.464. The van der Waals surface area contributed by atoms with E-state index in [0.717, 1.165) is 61.6 Å². The molecule has 1 atom stereocenters. The summed E-state index contributed by atoms with van der Waals surface area (Å²) >= 11 is 0. The summed E-state index contributed by atoms with van der Waals surface area (Å²) in [5, 5.41) is 0. The summed E-state index contributed by atoms with van der Waals surface area (Å²) in [6.07, 6.45) is 1.88. The maximum absolute atomic E-state index is 5.58. The van der Waals surface area contributed by atoms with Gasteiger partial charge < -0.3 is 19.4 Å². The lowest BCUT2D eigenvalue weighted by molar-refractivity contribution is 0.122. The van der Waals surface area contributed by atoms with E-state index in [9.17, 15) is 0 Å². The Kier molecular flexibility index (Phi) is 6.86. The van der Waals surface area contributed by atoms with Crippen molar-refractivity contribution in [1.29, 1.82) is 0 Å². The predicted molar refractivity (Wildman–Crippen MR) is 143 cm³/mol. The third-order valence-electron chi connectivity index (χ3n) is 7.07. The number of aromatic nitrogens is 3. The zero-order valence-corrected chi connectivity index (χ0v) is 21.3. The van der Waals surface area contributed by atoms with Crippen molar-refractivity contribution in [3.8, 4) is 11.3 Å². The first kappa shape index (κ1) is 23.5. The molecule has 5 rings (SSSR count). The first-order valence-corrected chi connectivity index (χ1v) is 12.7. The maximum atomic E-state index is 5.58. The lowest BCUT2D eigenvalue weighted by Gasteiger charge is -2.41. The van der Waals surface area contributed by atoms with Crippen LogP contribution in [0, 0.1) is 6.92 Å². The molecule has 3 aromatic rings. The molecule has 2 aliphatic rings. The minimum atomic E-state index is 0.300. The summed E-state index contributed by atoms with van der Waals surface area (Å²) < 4.78 is 5.58. The minimum Gasteiger partial charge on any atom is -0.378 e. The fourth-order valence-corrected chi connectivity index (χ4v) is 4.96. The molecule has 35 heavy (non-hydrogen) atoms. The van der Waals surface area contributed by atoms with Crippen LogP contribution in [0.1, 0.15) is 37.8 Å². The fourth-order valence-electron chi connectivity index (χ4n) is 4.96. The van der Waals surface area contributed by atoms with Gasteiger partial charge in [0.05, 0.1) is 18.9 Å². The second-order valence-corrected chi connectivity index (χ2v) is 9.92. The summed E-state index contributed by atoms with van der Waals surface area (Å²) in [4.78, 5) is 21.8. The van der Waals surface area contributed by atoms with Crippen molar-refractivity contribution in [2.75, 3.05) is 60.6 Å². The van der Waals surface area contributed by atoms with E-state index in [1.807, 2.05) is 12.3 Å². The summed E-state index contributed by atoms with van der Waals surface area (Å²) in [6.45, 7) is 14.6. The average molecular weight is 473 g/mol. The van der Waals surface area contributed by atoms with E-state index in [0.29, 0.717) is 25.2 Å². The van der Waals surface area contributed by atoms with E-state index in [1.54, 1.807) is 0 Å². The van der Waals surface area contributed by atoms with Crippen LogP contribution in [-0.4, -0.2) is 66.9 Å². The molecule has 0 aliphatic carbocycles. The van der Waals surface area contributed by atoms with Gasteiger partial charge in [-0.25, -0.2) is 9.97 Å². The number of morpholine rings is 1. The zero-order chi connectivity index (χ0) is 24.4. The summed E-state index contributed by atoms with van der Waals surface area (Å²) in [6, 6.07) is 15.4. The van der Waals surface area contributed by atoms with Crippen LogP contribution in [0.25, 0.3) is 11.3 Å². The Hall–Kier alpha value is -3.19. The Balaban J connectivity index is 1.45. The maximum Gasteiger partial charge on any atom is 0.228 e. The molecule has 4 heterocycles. The molecule has 7 heteroatoms. The molecule has 0 N–H and O–H groups in total. The van der Waals surface area contributed by atoms with Gasteiger partial charge in [0.2, 0.25) is 5.95 Å². The van der Waals surface area contributed by atoms with E-state index in [2.05, 4.69) is 83.8 Å². The first-order valence-electron chi connectivity index (χ1n) is 12.7. The molecule has 0 radical (unpaired) electrons. The van der Waals surface area contributed by atoms with Gasteiger partial charge in [0.15, 0.2) is 0 Å². The number of anilines is 3. The Morgan fingerprint density at radius 3 is 2.40 bits per heavy atom. The standard InChI is InChI=1S/C28H36N6O/c1-20(2)23-7-9-24(10-8-23)25-18-26(31-28(30-25)32-14-16-35-17-15-32)34-13-12-33(19-22(34)4)27-21(3)6-5-11-29-27/h5-11,18,20,22H,12-17,19H2,1-4H3/t22-/m1/s1. The molecule has 0 amide bonds. The predicted octanol–water partition coefficient (Wildman–Crippen LogP) is 4.52. The lowest BCUT2D eigenvalue weighted by atomic mass is 10.0. The topological polar surface area (TPSA) is 57.6 Å². The van der Waals surface area contributed by atoms with E-state index >= 15 is 0 Å². The SMILES string of the molecule is Cc1cccnc1N1CCN(c2cc(-c3ccc(C(C)C)cc3)nc(N3CCOCC3)n2)[C@H](C)C1. The third kappa shape index (κ3) is 5.10. The zero-order valence-electron chi connectivity index (χ0n) is 21.3. The minimum absolute atomic E-state index is 0.300. The van der Waals surface area contributed by atoms with Gasteiger partial charge in [0.25, 0.3) is 0 Å². The number of piperazine rings is 1. The van der Waals surface area contributed by atoms with Crippen molar-refractivity contribution in [2.45, 2.75) is 39.7 Å². The molecule has 0 bridgehead atoms. The van der Waals surface area contributed by atoms with E-state index in [4.69, 9.17) is 14.7 Å². The van der Waals surface area contributed by atoms with Crippen LogP contribution in [0.15, 0.2) is 48.7 Å².